The van der Waals surface area contributed by atoms with Crippen LogP contribution in [0.2, 0.25) is 0 Å². The zero-order valence-corrected chi connectivity index (χ0v) is 20.3. The summed E-state index contributed by atoms with van der Waals surface area (Å²) in [4.78, 5) is 6.91. The predicted molar refractivity (Wildman–Crippen MR) is 131 cm³/mol. The van der Waals surface area contributed by atoms with Gasteiger partial charge in [-0.05, 0) is 56.0 Å². The van der Waals surface area contributed by atoms with Gasteiger partial charge in [0, 0.05) is 44.1 Å². The van der Waals surface area contributed by atoms with Crippen LogP contribution in [0.3, 0.4) is 0 Å². The molecule has 0 bridgehead atoms. The highest BCUT2D eigenvalue weighted by atomic mass is 32.2. The summed E-state index contributed by atoms with van der Waals surface area (Å²) in [5.74, 6) is 2.40. The lowest BCUT2D eigenvalue weighted by Gasteiger charge is -2.21. The smallest absolute Gasteiger partial charge is 0.217 e. The molecule has 2 aromatic carbocycles. The Labute approximate surface area is 199 Å². The summed E-state index contributed by atoms with van der Waals surface area (Å²) in [5, 5.41) is 0.723. The maximum absolute atomic E-state index is 12.6. The number of sulfonamides is 1. The minimum atomic E-state index is -3.12. The zero-order valence-electron chi connectivity index (χ0n) is 18.7. The molecule has 2 fully saturated rings. The first kappa shape index (κ1) is 22.3. The van der Waals surface area contributed by atoms with Crippen molar-refractivity contribution in [3.05, 3.63) is 65.5 Å². The molecule has 3 aromatic rings. The Morgan fingerprint density at radius 2 is 1.67 bits per heavy atom. The van der Waals surface area contributed by atoms with Gasteiger partial charge < -0.3 is 9.64 Å². The van der Waals surface area contributed by atoms with Gasteiger partial charge in [0.1, 0.15) is 17.3 Å². The third-order valence-electron chi connectivity index (χ3n) is 6.03. The maximum atomic E-state index is 12.6. The molecule has 0 N–H and O–H groups in total. The average molecular weight is 485 g/mol. The van der Waals surface area contributed by atoms with Crippen molar-refractivity contribution < 1.29 is 13.2 Å². The molecule has 7 nitrogen and oxygen atoms in total. The lowest BCUT2D eigenvalue weighted by Crippen LogP contribution is -2.37. The molecular weight excluding hydrogens is 456 g/mol. The van der Waals surface area contributed by atoms with Gasteiger partial charge in [-0.15, -0.1) is 0 Å². The topological polar surface area (TPSA) is 75.6 Å². The third-order valence-corrected chi connectivity index (χ3v) is 9.24. The van der Waals surface area contributed by atoms with Gasteiger partial charge in [-0.1, -0.05) is 29.8 Å². The lowest BCUT2D eigenvalue weighted by molar-refractivity contribution is 0.432. The second kappa shape index (κ2) is 9.40. The van der Waals surface area contributed by atoms with Crippen LogP contribution in [-0.2, 0) is 16.4 Å². The first-order chi connectivity index (χ1) is 16.0. The molecule has 1 saturated carbocycles. The quantitative estimate of drug-likeness (QED) is 0.500. The minimum absolute atomic E-state index is 0.147. The van der Waals surface area contributed by atoms with Gasteiger partial charge in [-0.2, -0.15) is 8.68 Å². The van der Waals surface area contributed by atoms with Crippen LogP contribution in [0.5, 0.6) is 11.5 Å². The molecule has 5 rings (SSSR count). The SMILES string of the molecule is Cc1ccc(Oc2ccc(Cc3nsc(N4CCCN(S(=O)(=O)C5CC5)CC4)n3)cc2)cc1. The molecule has 0 amide bonds. The van der Waals surface area contributed by atoms with E-state index in [4.69, 9.17) is 9.72 Å². The van der Waals surface area contributed by atoms with E-state index >= 15 is 0 Å². The fraction of sp³-hybridized carbons (Fsp3) is 0.417. The molecule has 0 spiro atoms. The van der Waals surface area contributed by atoms with Crippen molar-refractivity contribution in [1.82, 2.24) is 13.7 Å². The number of rotatable bonds is 7. The second-order valence-electron chi connectivity index (χ2n) is 8.71. The van der Waals surface area contributed by atoms with Crippen molar-refractivity contribution in [2.45, 2.75) is 37.9 Å². The summed E-state index contributed by atoms with van der Waals surface area (Å²) in [6, 6.07) is 16.0. The number of ether oxygens (including phenoxy) is 1. The maximum Gasteiger partial charge on any atom is 0.217 e. The fourth-order valence-electron chi connectivity index (χ4n) is 3.96. The summed E-state index contributed by atoms with van der Waals surface area (Å²) in [5.41, 5.74) is 2.32. The fourth-order valence-corrected chi connectivity index (χ4v) is 6.57. The first-order valence-electron chi connectivity index (χ1n) is 11.4. The van der Waals surface area contributed by atoms with E-state index in [2.05, 4.69) is 16.2 Å². The minimum Gasteiger partial charge on any atom is -0.457 e. The Kier molecular flexibility index (Phi) is 6.36. The number of hydrogen-bond acceptors (Lipinski definition) is 7. The van der Waals surface area contributed by atoms with Crippen LogP contribution >= 0.6 is 11.5 Å². The molecule has 174 valence electrons. The molecule has 1 saturated heterocycles. The van der Waals surface area contributed by atoms with Gasteiger partial charge in [0.05, 0.1) is 5.25 Å². The molecule has 2 heterocycles. The monoisotopic (exact) mass is 484 g/mol. The second-order valence-corrected chi connectivity index (χ2v) is 11.7. The van der Waals surface area contributed by atoms with Crippen LogP contribution in [0.15, 0.2) is 48.5 Å². The molecule has 0 radical (unpaired) electrons. The van der Waals surface area contributed by atoms with Crippen LogP contribution in [-0.4, -0.2) is 53.5 Å². The van der Waals surface area contributed by atoms with Crippen molar-refractivity contribution in [2.75, 3.05) is 31.1 Å². The number of benzene rings is 2. The van der Waals surface area contributed by atoms with E-state index < -0.39 is 10.0 Å². The van der Waals surface area contributed by atoms with Gasteiger partial charge in [-0.3, -0.25) is 0 Å². The summed E-state index contributed by atoms with van der Waals surface area (Å²) in [7, 11) is -3.12. The van der Waals surface area contributed by atoms with Crippen molar-refractivity contribution >= 4 is 26.7 Å². The van der Waals surface area contributed by atoms with E-state index in [-0.39, 0.29) is 5.25 Å². The van der Waals surface area contributed by atoms with Crippen LogP contribution in [0, 0.1) is 6.92 Å². The zero-order chi connectivity index (χ0) is 22.8. The molecule has 9 heteroatoms. The summed E-state index contributed by atoms with van der Waals surface area (Å²) < 4.78 is 37.3. The van der Waals surface area contributed by atoms with Crippen molar-refractivity contribution in [2.24, 2.45) is 0 Å². The molecule has 1 aliphatic carbocycles. The lowest BCUT2D eigenvalue weighted by atomic mass is 10.1. The third kappa shape index (κ3) is 5.37. The van der Waals surface area contributed by atoms with Crippen molar-refractivity contribution in [3.63, 3.8) is 0 Å². The Morgan fingerprint density at radius 3 is 2.36 bits per heavy atom. The van der Waals surface area contributed by atoms with Gasteiger partial charge in [-0.25, -0.2) is 13.4 Å². The highest BCUT2D eigenvalue weighted by Gasteiger charge is 2.40. The molecule has 0 unspecified atom stereocenters. The van der Waals surface area contributed by atoms with E-state index in [0.717, 1.165) is 53.8 Å². The highest BCUT2D eigenvalue weighted by molar-refractivity contribution is 7.90. The van der Waals surface area contributed by atoms with Crippen molar-refractivity contribution in [3.8, 4) is 11.5 Å². The predicted octanol–water partition coefficient (Wildman–Crippen LogP) is 4.23. The summed E-state index contributed by atoms with van der Waals surface area (Å²) in [6.07, 6.45) is 3.07. The normalized spacial score (nSPS) is 17.7. The number of aromatic nitrogens is 2. The number of nitrogens with zero attached hydrogens (tertiary/aromatic N) is 4. The standard InChI is InChI=1S/C24H28N4O3S2/c1-18-3-7-20(8-4-18)31-21-9-5-19(6-10-21)17-23-25-24(32-26-23)27-13-2-14-28(16-15-27)33(29,30)22-11-12-22/h3-10,22H,2,11-17H2,1H3. The summed E-state index contributed by atoms with van der Waals surface area (Å²) >= 11 is 1.39. The van der Waals surface area contributed by atoms with Crippen molar-refractivity contribution in [1.29, 1.82) is 0 Å². The largest absolute Gasteiger partial charge is 0.457 e. The van der Waals surface area contributed by atoms with Crippen LogP contribution in [0.25, 0.3) is 0 Å². The molecule has 2 aliphatic rings. The Bertz CT molecular complexity index is 1190. The average Bonchev–Trinajstić information content (AvgIpc) is 3.61. The number of anilines is 1. The van der Waals surface area contributed by atoms with Gasteiger partial charge in [0.15, 0.2) is 0 Å². The van der Waals surface area contributed by atoms with E-state index in [9.17, 15) is 8.42 Å². The molecule has 1 aromatic heterocycles. The van der Waals surface area contributed by atoms with E-state index in [0.29, 0.717) is 26.1 Å². The molecular formula is C24H28N4O3S2. The highest BCUT2D eigenvalue weighted by Crippen LogP contribution is 2.32. The Morgan fingerprint density at radius 1 is 0.970 bits per heavy atom. The van der Waals surface area contributed by atoms with Gasteiger partial charge >= 0.3 is 0 Å². The molecule has 0 atom stereocenters. The van der Waals surface area contributed by atoms with Gasteiger partial charge in [0.2, 0.25) is 15.2 Å². The van der Waals surface area contributed by atoms with Crippen LogP contribution in [0.1, 0.15) is 36.2 Å². The van der Waals surface area contributed by atoms with Crippen LogP contribution < -0.4 is 9.64 Å². The Hall–Kier alpha value is -2.49. The summed E-state index contributed by atoms with van der Waals surface area (Å²) in [6.45, 7) is 4.63. The van der Waals surface area contributed by atoms with E-state index in [1.807, 2.05) is 48.5 Å². The Balaban J connectivity index is 1.18. The first-order valence-corrected chi connectivity index (χ1v) is 13.6. The van der Waals surface area contributed by atoms with E-state index in [1.165, 1.54) is 17.1 Å². The molecule has 1 aliphatic heterocycles. The molecule has 33 heavy (non-hydrogen) atoms. The number of aryl methyl sites for hydroxylation is 1. The van der Waals surface area contributed by atoms with Crippen LogP contribution in [0.4, 0.5) is 5.13 Å². The van der Waals surface area contributed by atoms with E-state index in [1.54, 1.807) is 4.31 Å². The van der Waals surface area contributed by atoms with Gasteiger partial charge in [0.25, 0.3) is 0 Å². The number of hydrogen-bond donors (Lipinski definition) is 0.